The van der Waals surface area contributed by atoms with Gasteiger partial charge < -0.3 is 0 Å². The third-order valence-electron chi connectivity index (χ3n) is 3.67. The first-order valence-electron chi connectivity index (χ1n) is 6.50. The first kappa shape index (κ1) is 12.2. The van der Waals surface area contributed by atoms with E-state index < -0.39 is 0 Å². The van der Waals surface area contributed by atoms with Crippen LogP contribution in [0.4, 0.5) is 0 Å². The van der Waals surface area contributed by atoms with Crippen LogP contribution in [0.1, 0.15) is 43.7 Å². The number of hydrogen-bond donors (Lipinski definition) is 0. The summed E-state index contributed by atoms with van der Waals surface area (Å²) in [5.41, 5.74) is 2.97. The summed E-state index contributed by atoms with van der Waals surface area (Å²) in [6.07, 6.45) is 7.95. The Morgan fingerprint density at radius 3 is 2.44 bits per heavy atom. The van der Waals surface area contributed by atoms with E-state index in [4.69, 9.17) is 0 Å². The van der Waals surface area contributed by atoms with Gasteiger partial charge in [0, 0.05) is 4.83 Å². The van der Waals surface area contributed by atoms with Crippen LogP contribution in [0, 0.1) is 5.92 Å². The SMILES string of the molecule is CCc1ccc(CC2CCCC(Br)C2)cc1. The van der Waals surface area contributed by atoms with E-state index in [-0.39, 0.29) is 0 Å². The molecule has 0 bridgehead atoms. The van der Waals surface area contributed by atoms with Gasteiger partial charge in [0.1, 0.15) is 0 Å². The molecule has 0 radical (unpaired) electrons. The summed E-state index contributed by atoms with van der Waals surface area (Å²) in [5, 5.41) is 0. The van der Waals surface area contributed by atoms with Gasteiger partial charge in [0.15, 0.2) is 0 Å². The Kier molecular flexibility index (Phi) is 4.45. The summed E-state index contributed by atoms with van der Waals surface area (Å²) in [4.78, 5) is 0.765. The van der Waals surface area contributed by atoms with Gasteiger partial charge in [-0.15, -0.1) is 0 Å². The van der Waals surface area contributed by atoms with Gasteiger partial charge in [0.25, 0.3) is 0 Å². The zero-order valence-electron chi connectivity index (χ0n) is 10.1. The molecule has 2 unspecified atom stereocenters. The first-order valence-corrected chi connectivity index (χ1v) is 7.41. The highest BCUT2D eigenvalue weighted by atomic mass is 79.9. The predicted octanol–water partition coefficient (Wildman–Crippen LogP) is 4.75. The van der Waals surface area contributed by atoms with Crippen LogP contribution >= 0.6 is 15.9 Å². The summed E-state index contributed by atoms with van der Waals surface area (Å²) in [6, 6.07) is 9.20. The van der Waals surface area contributed by atoms with Crippen LogP contribution in [0.25, 0.3) is 0 Å². The van der Waals surface area contributed by atoms with E-state index in [0.717, 1.165) is 17.2 Å². The van der Waals surface area contributed by atoms with Crippen LogP contribution in [-0.2, 0) is 12.8 Å². The van der Waals surface area contributed by atoms with Gasteiger partial charge in [0.05, 0.1) is 0 Å². The molecule has 0 heterocycles. The molecule has 1 aliphatic carbocycles. The number of halogens is 1. The standard InChI is InChI=1S/C15H21Br/c1-2-12-6-8-13(9-7-12)10-14-4-3-5-15(16)11-14/h6-9,14-15H,2-5,10-11H2,1H3. The molecule has 1 heteroatoms. The van der Waals surface area contributed by atoms with Crippen LogP contribution in [0.3, 0.4) is 0 Å². The number of rotatable bonds is 3. The van der Waals surface area contributed by atoms with E-state index in [0.29, 0.717) is 0 Å². The highest BCUT2D eigenvalue weighted by Crippen LogP contribution is 2.31. The zero-order chi connectivity index (χ0) is 11.4. The Bertz CT molecular complexity index is 315. The maximum Gasteiger partial charge on any atom is 0.0148 e. The van der Waals surface area contributed by atoms with Crippen LogP contribution < -0.4 is 0 Å². The third-order valence-corrected chi connectivity index (χ3v) is 4.51. The summed E-state index contributed by atoms with van der Waals surface area (Å²) >= 11 is 3.76. The minimum atomic E-state index is 0.765. The van der Waals surface area contributed by atoms with Gasteiger partial charge in [-0.05, 0) is 42.7 Å². The quantitative estimate of drug-likeness (QED) is 0.702. The molecule has 0 spiro atoms. The lowest BCUT2D eigenvalue weighted by atomic mass is 9.84. The molecule has 0 N–H and O–H groups in total. The van der Waals surface area contributed by atoms with Crippen molar-refractivity contribution in [3.63, 3.8) is 0 Å². The Morgan fingerprint density at radius 1 is 1.12 bits per heavy atom. The van der Waals surface area contributed by atoms with Gasteiger partial charge in [-0.2, -0.15) is 0 Å². The molecular weight excluding hydrogens is 260 g/mol. The molecule has 1 aliphatic rings. The van der Waals surface area contributed by atoms with Crippen molar-refractivity contribution < 1.29 is 0 Å². The van der Waals surface area contributed by atoms with Crippen LogP contribution in [0.15, 0.2) is 24.3 Å². The molecule has 1 aromatic rings. The van der Waals surface area contributed by atoms with E-state index in [1.54, 1.807) is 0 Å². The minimum absolute atomic E-state index is 0.765. The molecule has 1 aromatic carbocycles. The molecule has 0 saturated heterocycles. The predicted molar refractivity (Wildman–Crippen MR) is 74.2 cm³/mol. The van der Waals surface area contributed by atoms with E-state index in [2.05, 4.69) is 47.1 Å². The van der Waals surface area contributed by atoms with Crippen molar-refractivity contribution in [2.75, 3.05) is 0 Å². The smallest absolute Gasteiger partial charge is 0.0148 e. The molecule has 16 heavy (non-hydrogen) atoms. The van der Waals surface area contributed by atoms with Gasteiger partial charge in [-0.3, -0.25) is 0 Å². The minimum Gasteiger partial charge on any atom is -0.0891 e. The molecular formula is C15H21Br. The maximum atomic E-state index is 3.76. The average Bonchev–Trinajstić information content (AvgIpc) is 2.30. The fourth-order valence-electron chi connectivity index (χ4n) is 2.66. The maximum absolute atomic E-state index is 3.76. The molecule has 88 valence electrons. The molecule has 1 saturated carbocycles. The van der Waals surface area contributed by atoms with Crippen LogP contribution in [0.2, 0.25) is 0 Å². The molecule has 0 amide bonds. The third kappa shape index (κ3) is 3.35. The van der Waals surface area contributed by atoms with Crippen molar-refractivity contribution in [1.29, 1.82) is 0 Å². The Labute approximate surface area is 108 Å². The van der Waals surface area contributed by atoms with E-state index in [1.807, 2.05) is 0 Å². The average molecular weight is 281 g/mol. The Balaban J connectivity index is 1.92. The van der Waals surface area contributed by atoms with Gasteiger partial charge in [0.2, 0.25) is 0 Å². The fraction of sp³-hybridized carbons (Fsp3) is 0.600. The summed E-state index contributed by atoms with van der Waals surface area (Å²) < 4.78 is 0. The van der Waals surface area contributed by atoms with Crippen LogP contribution in [-0.4, -0.2) is 4.83 Å². The molecule has 0 aromatic heterocycles. The van der Waals surface area contributed by atoms with Crippen molar-refractivity contribution in [3.8, 4) is 0 Å². The number of alkyl halides is 1. The second-order valence-corrected chi connectivity index (χ2v) is 6.30. The van der Waals surface area contributed by atoms with E-state index in [9.17, 15) is 0 Å². The van der Waals surface area contributed by atoms with Crippen molar-refractivity contribution in [2.45, 2.75) is 50.3 Å². The lowest BCUT2D eigenvalue weighted by Crippen LogP contribution is -2.16. The Hall–Kier alpha value is -0.300. The lowest BCUT2D eigenvalue weighted by Gasteiger charge is -2.25. The molecule has 2 rings (SSSR count). The van der Waals surface area contributed by atoms with Crippen molar-refractivity contribution >= 4 is 15.9 Å². The van der Waals surface area contributed by atoms with Gasteiger partial charge >= 0.3 is 0 Å². The molecule has 1 fully saturated rings. The van der Waals surface area contributed by atoms with Gasteiger partial charge in [-0.1, -0.05) is 60.0 Å². The van der Waals surface area contributed by atoms with Crippen LogP contribution in [0.5, 0.6) is 0 Å². The summed E-state index contributed by atoms with van der Waals surface area (Å²) in [6.45, 7) is 2.21. The molecule has 2 atom stereocenters. The molecule has 0 nitrogen and oxygen atoms in total. The van der Waals surface area contributed by atoms with Crippen molar-refractivity contribution in [2.24, 2.45) is 5.92 Å². The van der Waals surface area contributed by atoms with Crippen molar-refractivity contribution in [1.82, 2.24) is 0 Å². The zero-order valence-corrected chi connectivity index (χ0v) is 11.7. The monoisotopic (exact) mass is 280 g/mol. The fourth-order valence-corrected chi connectivity index (χ4v) is 3.51. The van der Waals surface area contributed by atoms with Crippen molar-refractivity contribution in [3.05, 3.63) is 35.4 Å². The topological polar surface area (TPSA) is 0 Å². The largest absolute Gasteiger partial charge is 0.0891 e. The second-order valence-electron chi connectivity index (χ2n) is 5.00. The highest BCUT2D eigenvalue weighted by molar-refractivity contribution is 9.09. The lowest BCUT2D eigenvalue weighted by molar-refractivity contribution is 0.368. The number of benzene rings is 1. The van der Waals surface area contributed by atoms with E-state index >= 15 is 0 Å². The van der Waals surface area contributed by atoms with E-state index in [1.165, 1.54) is 43.2 Å². The number of hydrogen-bond acceptors (Lipinski definition) is 0. The second kappa shape index (κ2) is 5.86. The first-order chi connectivity index (χ1) is 7.78. The Morgan fingerprint density at radius 2 is 1.81 bits per heavy atom. The molecule has 0 aliphatic heterocycles. The highest BCUT2D eigenvalue weighted by Gasteiger charge is 2.19. The van der Waals surface area contributed by atoms with Gasteiger partial charge in [-0.25, -0.2) is 0 Å². The number of aryl methyl sites for hydroxylation is 1. The normalized spacial score (nSPS) is 25.6. The summed E-state index contributed by atoms with van der Waals surface area (Å²) in [5.74, 6) is 0.894. The summed E-state index contributed by atoms with van der Waals surface area (Å²) in [7, 11) is 0.